The van der Waals surface area contributed by atoms with Gasteiger partial charge >= 0.3 is 5.97 Å². The molecule has 0 aromatic heterocycles. The van der Waals surface area contributed by atoms with Crippen molar-refractivity contribution in [1.29, 1.82) is 0 Å². The maximum absolute atomic E-state index is 11.5. The van der Waals surface area contributed by atoms with E-state index in [-0.39, 0.29) is 89.6 Å². The largest absolute Gasteiger partial charge is 0.481 e. The van der Waals surface area contributed by atoms with Gasteiger partial charge in [0.2, 0.25) is 5.91 Å². The van der Waals surface area contributed by atoms with Crippen LogP contribution in [0.3, 0.4) is 0 Å². The van der Waals surface area contributed by atoms with Crippen LogP contribution in [0.15, 0.2) is 18.2 Å². The number of hydrogen-bond acceptors (Lipinski definition) is 11. The quantitative estimate of drug-likeness (QED) is 0.131. The fourth-order valence-electron chi connectivity index (χ4n) is 2.37. The Morgan fingerprint density at radius 2 is 1.47 bits per heavy atom. The first-order valence-corrected chi connectivity index (χ1v) is 10.3. The smallest absolute Gasteiger partial charge is 0.305 e. The van der Waals surface area contributed by atoms with Gasteiger partial charge < -0.3 is 34.7 Å². The second kappa shape index (κ2) is 17.1. The van der Waals surface area contributed by atoms with E-state index in [1.807, 2.05) is 0 Å². The monoisotopic (exact) mass is 488 g/mol. The lowest BCUT2D eigenvalue weighted by molar-refractivity contribution is -0.393. The minimum atomic E-state index is -0.948. The Labute approximate surface area is 194 Å². The predicted octanol–water partition coefficient (Wildman–Crippen LogP) is 0.572. The Hall–Kier alpha value is -3.40. The number of carboxylic acid groups (broad SMARTS) is 1. The van der Waals surface area contributed by atoms with Crippen LogP contribution in [-0.4, -0.2) is 92.8 Å². The van der Waals surface area contributed by atoms with Crippen LogP contribution in [0.5, 0.6) is 0 Å². The van der Waals surface area contributed by atoms with Gasteiger partial charge in [0, 0.05) is 19.2 Å². The molecule has 0 aliphatic heterocycles. The van der Waals surface area contributed by atoms with Gasteiger partial charge in [-0.2, -0.15) is 0 Å². The molecule has 15 nitrogen and oxygen atoms in total. The SMILES string of the molecule is O=C(O)CCOCCNC(=O)COCCOCCOCCNc1ccc([N+](=O)[O-])cc1[N+](=O)[O-]. The van der Waals surface area contributed by atoms with Gasteiger partial charge in [-0.25, -0.2) is 0 Å². The second-order valence-corrected chi connectivity index (χ2v) is 6.53. The maximum Gasteiger partial charge on any atom is 0.305 e. The van der Waals surface area contributed by atoms with E-state index < -0.39 is 21.5 Å². The molecule has 1 aromatic carbocycles. The summed E-state index contributed by atoms with van der Waals surface area (Å²) in [5.41, 5.74) is -0.604. The van der Waals surface area contributed by atoms with Crippen molar-refractivity contribution in [2.45, 2.75) is 6.42 Å². The minimum Gasteiger partial charge on any atom is -0.481 e. The highest BCUT2D eigenvalue weighted by atomic mass is 16.6. The van der Waals surface area contributed by atoms with Crippen molar-refractivity contribution in [2.75, 3.05) is 71.3 Å². The van der Waals surface area contributed by atoms with Crippen LogP contribution in [0.25, 0.3) is 0 Å². The van der Waals surface area contributed by atoms with Crippen molar-refractivity contribution in [2.24, 2.45) is 0 Å². The van der Waals surface area contributed by atoms with Crippen molar-refractivity contribution in [3.05, 3.63) is 38.4 Å². The molecule has 0 saturated carbocycles. The van der Waals surface area contributed by atoms with Gasteiger partial charge in [-0.3, -0.25) is 29.8 Å². The number of carbonyl (C=O) groups is 2. The van der Waals surface area contributed by atoms with Gasteiger partial charge in [0.25, 0.3) is 11.4 Å². The van der Waals surface area contributed by atoms with Gasteiger partial charge in [-0.1, -0.05) is 0 Å². The molecule has 0 aliphatic rings. The summed E-state index contributed by atoms with van der Waals surface area (Å²) in [5.74, 6) is -1.28. The number of carbonyl (C=O) groups excluding carboxylic acids is 1. The number of nitro groups is 2. The molecular weight excluding hydrogens is 460 g/mol. The normalized spacial score (nSPS) is 10.6. The highest BCUT2D eigenvalue weighted by Crippen LogP contribution is 2.28. The lowest BCUT2D eigenvalue weighted by Gasteiger charge is -2.09. The fraction of sp³-hybridized carbons (Fsp3) is 0.579. The number of amides is 1. The zero-order valence-electron chi connectivity index (χ0n) is 18.4. The molecule has 190 valence electrons. The topological polar surface area (TPSA) is 202 Å². The highest BCUT2D eigenvalue weighted by Gasteiger charge is 2.18. The van der Waals surface area contributed by atoms with Crippen LogP contribution in [0.2, 0.25) is 0 Å². The highest BCUT2D eigenvalue weighted by molar-refractivity contribution is 5.77. The Balaban J connectivity index is 1.99. The van der Waals surface area contributed by atoms with Gasteiger partial charge in [-0.15, -0.1) is 0 Å². The number of ether oxygens (including phenoxy) is 4. The average Bonchev–Trinajstić information content (AvgIpc) is 2.79. The van der Waals surface area contributed by atoms with E-state index in [4.69, 9.17) is 24.1 Å². The van der Waals surface area contributed by atoms with Gasteiger partial charge in [0.05, 0.1) is 68.6 Å². The van der Waals surface area contributed by atoms with E-state index >= 15 is 0 Å². The number of nitrogens with zero attached hydrogens (tertiary/aromatic N) is 2. The van der Waals surface area contributed by atoms with Crippen molar-refractivity contribution in [3.63, 3.8) is 0 Å². The third-order valence-corrected chi connectivity index (χ3v) is 3.96. The molecule has 3 N–H and O–H groups in total. The van der Waals surface area contributed by atoms with Crippen LogP contribution in [0, 0.1) is 20.2 Å². The Kier molecular flexibility index (Phi) is 14.4. The Morgan fingerprint density at radius 1 is 0.853 bits per heavy atom. The minimum absolute atomic E-state index is 0.0849. The summed E-state index contributed by atoms with van der Waals surface area (Å²) in [6.45, 7) is 1.89. The first kappa shape index (κ1) is 28.6. The van der Waals surface area contributed by atoms with E-state index in [0.717, 1.165) is 6.07 Å². The molecular formula is C19H28N4O11. The summed E-state index contributed by atoms with van der Waals surface area (Å²) >= 11 is 0. The zero-order chi connectivity index (χ0) is 25.2. The second-order valence-electron chi connectivity index (χ2n) is 6.53. The molecule has 0 spiro atoms. The molecule has 1 rings (SSSR count). The Bertz CT molecular complexity index is 806. The summed E-state index contributed by atoms with van der Waals surface area (Å²) < 4.78 is 20.8. The zero-order valence-corrected chi connectivity index (χ0v) is 18.4. The molecule has 1 amide bonds. The third-order valence-electron chi connectivity index (χ3n) is 3.96. The standard InChI is InChI=1S/C19H28N4O11/c24-18(21-5-8-31-6-3-19(25)26)14-34-12-11-33-10-9-32-7-4-20-16-2-1-15(22(27)28)13-17(16)23(29)30/h1-2,13,20H,3-12,14H2,(H,21,24)(H,25,26). The van der Waals surface area contributed by atoms with Crippen molar-refractivity contribution < 1.29 is 43.5 Å². The van der Waals surface area contributed by atoms with Crippen LogP contribution in [0.1, 0.15) is 6.42 Å². The van der Waals surface area contributed by atoms with Crippen LogP contribution >= 0.6 is 0 Å². The van der Waals surface area contributed by atoms with E-state index in [2.05, 4.69) is 10.6 Å². The molecule has 0 heterocycles. The summed E-state index contributed by atoms with van der Waals surface area (Å²) in [6, 6.07) is 3.34. The maximum atomic E-state index is 11.5. The van der Waals surface area contributed by atoms with Crippen LogP contribution in [0.4, 0.5) is 17.1 Å². The summed E-state index contributed by atoms with van der Waals surface area (Å²) in [5, 5.41) is 35.6. The summed E-state index contributed by atoms with van der Waals surface area (Å²) in [6.07, 6.45) is -0.0913. The lowest BCUT2D eigenvalue weighted by atomic mass is 10.2. The van der Waals surface area contributed by atoms with Crippen LogP contribution < -0.4 is 10.6 Å². The van der Waals surface area contributed by atoms with Crippen LogP contribution in [-0.2, 0) is 28.5 Å². The van der Waals surface area contributed by atoms with Crippen molar-refractivity contribution in [1.82, 2.24) is 5.32 Å². The molecule has 0 radical (unpaired) electrons. The van der Waals surface area contributed by atoms with Gasteiger partial charge in [0.15, 0.2) is 0 Å². The number of nitrogens with one attached hydrogen (secondary N) is 2. The van der Waals surface area contributed by atoms with E-state index in [1.165, 1.54) is 12.1 Å². The molecule has 15 heteroatoms. The number of rotatable bonds is 20. The molecule has 0 aliphatic carbocycles. The number of aliphatic carboxylic acids is 1. The predicted molar refractivity (Wildman–Crippen MR) is 117 cm³/mol. The van der Waals surface area contributed by atoms with Crippen molar-refractivity contribution >= 4 is 28.9 Å². The molecule has 0 bridgehead atoms. The lowest BCUT2D eigenvalue weighted by Crippen LogP contribution is -2.31. The number of benzene rings is 1. The number of anilines is 1. The molecule has 0 fully saturated rings. The summed E-state index contributed by atoms with van der Waals surface area (Å²) in [4.78, 5) is 42.2. The van der Waals surface area contributed by atoms with Gasteiger partial charge in [0.1, 0.15) is 12.3 Å². The molecule has 0 unspecified atom stereocenters. The first-order chi connectivity index (χ1) is 16.3. The van der Waals surface area contributed by atoms with Gasteiger partial charge in [-0.05, 0) is 6.07 Å². The molecule has 0 saturated heterocycles. The number of hydrogen-bond donors (Lipinski definition) is 3. The number of non-ortho nitro benzene ring substituents is 1. The summed E-state index contributed by atoms with van der Waals surface area (Å²) in [7, 11) is 0. The number of carboxylic acids is 1. The third kappa shape index (κ3) is 13.2. The van der Waals surface area contributed by atoms with E-state index in [0.29, 0.717) is 0 Å². The Morgan fingerprint density at radius 3 is 2.12 bits per heavy atom. The average molecular weight is 488 g/mol. The molecule has 34 heavy (non-hydrogen) atoms. The van der Waals surface area contributed by atoms with E-state index in [1.54, 1.807) is 0 Å². The van der Waals surface area contributed by atoms with Crippen molar-refractivity contribution in [3.8, 4) is 0 Å². The van der Waals surface area contributed by atoms with E-state index in [9.17, 15) is 29.8 Å². The fourth-order valence-corrected chi connectivity index (χ4v) is 2.37. The first-order valence-electron chi connectivity index (χ1n) is 10.3. The number of nitro benzene ring substituents is 2. The molecule has 1 aromatic rings. The molecule has 0 atom stereocenters.